The van der Waals surface area contributed by atoms with E-state index in [1.807, 2.05) is 25.1 Å². The molecule has 0 saturated carbocycles. The number of amides is 1. The Morgan fingerprint density at radius 3 is 2.95 bits per heavy atom. The van der Waals surface area contributed by atoms with Crippen LogP contribution in [-0.2, 0) is 0 Å². The molecule has 100 valence electrons. The van der Waals surface area contributed by atoms with E-state index in [0.717, 1.165) is 11.1 Å². The van der Waals surface area contributed by atoms with Crippen LogP contribution in [0.15, 0.2) is 42.6 Å². The topological polar surface area (TPSA) is 68.0 Å². The van der Waals surface area contributed by atoms with E-state index in [2.05, 4.69) is 22.1 Å². The second-order valence-corrected chi connectivity index (χ2v) is 4.26. The van der Waals surface area contributed by atoms with E-state index in [9.17, 15) is 4.79 Å². The van der Waals surface area contributed by atoms with Gasteiger partial charge in [-0.25, -0.2) is 4.98 Å². The minimum Gasteiger partial charge on any atom is -0.320 e. The third-order valence-corrected chi connectivity index (χ3v) is 2.62. The van der Waals surface area contributed by atoms with Gasteiger partial charge in [0.1, 0.15) is 5.82 Å². The van der Waals surface area contributed by atoms with Crippen molar-refractivity contribution >= 4 is 11.7 Å². The summed E-state index contributed by atoms with van der Waals surface area (Å²) in [6.45, 7) is 2.24. The van der Waals surface area contributed by atoms with Crippen molar-refractivity contribution in [3.8, 4) is 11.8 Å². The lowest BCUT2D eigenvalue weighted by atomic mass is 10.1. The summed E-state index contributed by atoms with van der Waals surface area (Å²) < 4.78 is 0. The fourth-order valence-electron chi connectivity index (χ4n) is 1.70. The Labute approximate surface area is 118 Å². The fourth-order valence-corrected chi connectivity index (χ4v) is 1.70. The van der Waals surface area contributed by atoms with Crippen LogP contribution in [0.3, 0.4) is 0 Å². The smallest absolute Gasteiger partial charge is 0.256 e. The van der Waals surface area contributed by atoms with Crippen LogP contribution < -0.4 is 11.1 Å². The average molecular weight is 265 g/mol. The summed E-state index contributed by atoms with van der Waals surface area (Å²) in [6, 6.07) is 10.9. The summed E-state index contributed by atoms with van der Waals surface area (Å²) >= 11 is 0. The zero-order valence-electron chi connectivity index (χ0n) is 11.2. The Hall–Kier alpha value is -2.64. The molecule has 0 aliphatic carbocycles. The molecule has 3 N–H and O–H groups in total. The average Bonchev–Trinajstić information content (AvgIpc) is 2.45. The quantitative estimate of drug-likeness (QED) is 0.815. The summed E-state index contributed by atoms with van der Waals surface area (Å²) in [5.41, 5.74) is 7.73. The third-order valence-electron chi connectivity index (χ3n) is 2.62. The highest BCUT2D eigenvalue weighted by Gasteiger charge is 2.06. The maximum atomic E-state index is 12.1. The van der Waals surface area contributed by atoms with Gasteiger partial charge < -0.3 is 11.1 Å². The van der Waals surface area contributed by atoms with Crippen molar-refractivity contribution in [2.24, 2.45) is 5.73 Å². The van der Waals surface area contributed by atoms with E-state index in [1.165, 1.54) is 0 Å². The van der Waals surface area contributed by atoms with Crippen LogP contribution >= 0.6 is 0 Å². The molecular weight excluding hydrogens is 250 g/mol. The highest BCUT2D eigenvalue weighted by molar-refractivity contribution is 6.03. The van der Waals surface area contributed by atoms with Gasteiger partial charge >= 0.3 is 0 Å². The Kier molecular flexibility index (Phi) is 4.48. The highest BCUT2D eigenvalue weighted by Crippen LogP contribution is 2.09. The van der Waals surface area contributed by atoms with E-state index in [4.69, 9.17) is 5.73 Å². The SMILES string of the molecule is Cc1cccc(C(=O)Nc2cc(C#CCN)ccn2)c1. The van der Waals surface area contributed by atoms with Crippen LogP contribution in [0.2, 0.25) is 0 Å². The number of benzene rings is 1. The molecule has 2 rings (SSSR count). The van der Waals surface area contributed by atoms with E-state index in [-0.39, 0.29) is 5.91 Å². The van der Waals surface area contributed by atoms with Crippen molar-refractivity contribution in [1.29, 1.82) is 0 Å². The predicted molar refractivity (Wildman–Crippen MR) is 79.3 cm³/mol. The van der Waals surface area contributed by atoms with Gasteiger partial charge in [0.25, 0.3) is 5.91 Å². The normalized spacial score (nSPS) is 9.50. The second-order valence-electron chi connectivity index (χ2n) is 4.26. The Balaban J connectivity index is 2.15. The molecule has 0 aliphatic heterocycles. The number of aryl methyl sites for hydroxylation is 1. The van der Waals surface area contributed by atoms with Gasteiger partial charge in [0, 0.05) is 17.3 Å². The van der Waals surface area contributed by atoms with E-state index in [1.54, 1.807) is 24.4 Å². The lowest BCUT2D eigenvalue weighted by Gasteiger charge is -2.05. The minimum atomic E-state index is -0.190. The maximum absolute atomic E-state index is 12.1. The Bertz CT molecular complexity index is 683. The van der Waals surface area contributed by atoms with Gasteiger partial charge in [0.2, 0.25) is 0 Å². The first-order chi connectivity index (χ1) is 9.69. The lowest BCUT2D eigenvalue weighted by molar-refractivity contribution is 0.102. The van der Waals surface area contributed by atoms with Crippen LogP contribution in [0.1, 0.15) is 21.5 Å². The van der Waals surface area contributed by atoms with Crippen LogP contribution in [0, 0.1) is 18.8 Å². The van der Waals surface area contributed by atoms with Gasteiger partial charge in [0.05, 0.1) is 6.54 Å². The maximum Gasteiger partial charge on any atom is 0.256 e. The van der Waals surface area contributed by atoms with Crippen LogP contribution in [0.4, 0.5) is 5.82 Å². The molecule has 0 bridgehead atoms. The monoisotopic (exact) mass is 265 g/mol. The van der Waals surface area contributed by atoms with Gasteiger partial charge in [0.15, 0.2) is 0 Å². The fraction of sp³-hybridized carbons (Fsp3) is 0.125. The molecular formula is C16H15N3O. The van der Waals surface area contributed by atoms with Crippen molar-refractivity contribution in [2.45, 2.75) is 6.92 Å². The molecule has 4 heteroatoms. The van der Waals surface area contributed by atoms with Crippen LogP contribution in [-0.4, -0.2) is 17.4 Å². The highest BCUT2D eigenvalue weighted by atomic mass is 16.1. The number of nitrogens with one attached hydrogen (secondary N) is 1. The van der Waals surface area contributed by atoms with Crippen molar-refractivity contribution in [3.05, 3.63) is 59.3 Å². The van der Waals surface area contributed by atoms with E-state index >= 15 is 0 Å². The molecule has 0 spiro atoms. The molecule has 0 unspecified atom stereocenters. The number of carbonyl (C=O) groups is 1. The van der Waals surface area contributed by atoms with Crippen LogP contribution in [0.5, 0.6) is 0 Å². The van der Waals surface area contributed by atoms with Gasteiger partial charge in [-0.1, -0.05) is 29.5 Å². The van der Waals surface area contributed by atoms with Crippen molar-refractivity contribution in [2.75, 3.05) is 11.9 Å². The van der Waals surface area contributed by atoms with Crippen molar-refractivity contribution in [1.82, 2.24) is 4.98 Å². The summed E-state index contributed by atoms with van der Waals surface area (Å²) in [4.78, 5) is 16.2. The first kappa shape index (κ1) is 13.8. The van der Waals surface area contributed by atoms with Gasteiger partial charge in [-0.3, -0.25) is 4.79 Å². The molecule has 0 atom stereocenters. The van der Waals surface area contributed by atoms with Crippen LogP contribution in [0.25, 0.3) is 0 Å². The number of rotatable bonds is 2. The lowest BCUT2D eigenvalue weighted by Crippen LogP contribution is -2.13. The molecule has 2 aromatic rings. The number of nitrogens with two attached hydrogens (primary N) is 1. The largest absolute Gasteiger partial charge is 0.320 e. The van der Waals surface area contributed by atoms with Gasteiger partial charge in [-0.15, -0.1) is 0 Å². The number of carbonyl (C=O) groups excluding carboxylic acids is 1. The van der Waals surface area contributed by atoms with Crippen molar-refractivity contribution in [3.63, 3.8) is 0 Å². The van der Waals surface area contributed by atoms with Crippen molar-refractivity contribution < 1.29 is 4.79 Å². The Morgan fingerprint density at radius 1 is 1.35 bits per heavy atom. The zero-order valence-corrected chi connectivity index (χ0v) is 11.2. The van der Waals surface area contributed by atoms with E-state index in [0.29, 0.717) is 17.9 Å². The first-order valence-corrected chi connectivity index (χ1v) is 6.22. The number of aromatic nitrogens is 1. The molecule has 1 aromatic carbocycles. The minimum absolute atomic E-state index is 0.190. The standard InChI is InChI=1S/C16H15N3O/c1-12-4-2-6-14(10-12)16(20)19-15-11-13(5-3-8-17)7-9-18-15/h2,4,6-7,9-11H,8,17H2,1H3,(H,18,19,20). The molecule has 0 fully saturated rings. The molecule has 0 aliphatic rings. The first-order valence-electron chi connectivity index (χ1n) is 6.22. The van der Waals surface area contributed by atoms with E-state index < -0.39 is 0 Å². The molecule has 0 radical (unpaired) electrons. The number of pyridine rings is 1. The van der Waals surface area contributed by atoms with Gasteiger partial charge in [-0.2, -0.15) is 0 Å². The summed E-state index contributed by atoms with van der Waals surface area (Å²) in [7, 11) is 0. The van der Waals surface area contributed by atoms with Gasteiger partial charge in [-0.05, 0) is 31.2 Å². The second kappa shape index (κ2) is 6.50. The third kappa shape index (κ3) is 3.67. The number of anilines is 1. The zero-order chi connectivity index (χ0) is 14.4. The molecule has 1 aromatic heterocycles. The Morgan fingerprint density at radius 2 is 2.20 bits per heavy atom. The molecule has 0 saturated heterocycles. The molecule has 1 heterocycles. The predicted octanol–water partition coefficient (Wildman–Crippen LogP) is 1.95. The number of hydrogen-bond acceptors (Lipinski definition) is 3. The molecule has 4 nitrogen and oxygen atoms in total. The summed E-state index contributed by atoms with van der Waals surface area (Å²) in [6.07, 6.45) is 1.60. The number of hydrogen-bond donors (Lipinski definition) is 2. The summed E-state index contributed by atoms with van der Waals surface area (Å²) in [5, 5.41) is 2.75. The number of nitrogens with zero attached hydrogens (tertiary/aromatic N) is 1. The molecule has 20 heavy (non-hydrogen) atoms. The molecule has 1 amide bonds. The summed E-state index contributed by atoms with van der Waals surface area (Å²) in [5.74, 6) is 5.94.